The predicted molar refractivity (Wildman–Crippen MR) is 263 cm³/mol. The van der Waals surface area contributed by atoms with Gasteiger partial charge in [-0.25, -0.2) is 0 Å². The standard InChI is InChI=1S/C25H26ClN3O4.C19H21ClN2O4.C6H7NO.CH4/c1-16(2)33-23-10-7-19(13-21(23)26)25(31)29-22(24(27)30)12-17-5-8-20(9-6-17)32-15-18-4-3-11-28-14-18;1-11(2)26-17-8-5-13(10-15(17)20)19(25)22-16(18(21)24)9-12-3-6-14(23)7-4-12;8-5-6-2-1-3-7-4-6;/h3-11,13-14,16,22H,12,15H2,1-2H3,(H2,27,30)(H,29,31);3-8,10-11,16,23H,9H2,1-2H3,(H2,21,24)(H,22,25);1-4,8H,5H2;1H4/t22-;16-;;/m00../s1. The maximum absolute atomic E-state index is 12.7. The van der Waals surface area contributed by atoms with Crippen molar-refractivity contribution in [2.24, 2.45) is 11.5 Å². The molecule has 2 heterocycles. The number of carbonyl (C=O) groups is 4. The molecule has 0 fully saturated rings. The van der Waals surface area contributed by atoms with Crippen molar-refractivity contribution in [1.29, 1.82) is 0 Å². The Hall–Kier alpha value is -7.20. The minimum Gasteiger partial charge on any atom is -0.508 e. The maximum atomic E-state index is 12.7. The molecule has 6 aromatic rings. The number of hydrogen-bond donors (Lipinski definition) is 6. The van der Waals surface area contributed by atoms with E-state index in [-0.39, 0.29) is 44.8 Å². The molecule has 360 valence electrons. The van der Waals surface area contributed by atoms with Crippen molar-refractivity contribution in [2.75, 3.05) is 0 Å². The van der Waals surface area contributed by atoms with Crippen molar-refractivity contribution in [2.45, 2.75) is 85.5 Å². The molecule has 0 bridgehead atoms. The van der Waals surface area contributed by atoms with Gasteiger partial charge < -0.3 is 46.5 Å². The molecule has 68 heavy (non-hydrogen) atoms. The molecule has 6 rings (SSSR count). The highest BCUT2D eigenvalue weighted by Crippen LogP contribution is 2.28. The number of benzene rings is 4. The summed E-state index contributed by atoms with van der Waals surface area (Å²) < 4.78 is 16.9. The number of amides is 4. The van der Waals surface area contributed by atoms with Crippen LogP contribution in [0.15, 0.2) is 134 Å². The van der Waals surface area contributed by atoms with E-state index in [4.69, 9.17) is 54.0 Å². The van der Waals surface area contributed by atoms with Gasteiger partial charge in [0.1, 0.15) is 41.7 Å². The zero-order valence-corrected chi connectivity index (χ0v) is 38.9. The van der Waals surface area contributed by atoms with E-state index in [9.17, 15) is 24.3 Å². The Morgan fingerprint density at radius 1 is 0.618 bits per heavy atom. The minimum atomic E-state index is -0.891. The summed E-state index contributed by atoms with van der Waals surface area (Å²) in [5.74, 6) is -0.441. The molecular formula is C51H58Cl2N6O9. The molecule has 0 aliphatic rings. The maximum Gasteiger partial charge on any atom is 0.251 e. The van der Waals surface area contributed by atoms with Gasteiger partial charge in [-0.3, -0.25) is 29.1 Å². The number of primary amides is 2. The second kappa shape index (κ2) is 28.1. The van der Waals surface area contributed by atoms with Crippen LogP contribution in [-0.4, -0.2) is 68.1 Å². The van der Waals surface area contributed by atoms with Crippen LogP contribution in [0, 0.1) is 0 Å². The number of carbonyl (C=O) groups excluding carboxylic acids is 4. The molecule has 0 spiro atoms. The van der Waals surface area contributed by atoms with Crippen molar-refractivity contribution in [3.8, 4) is 23.0 Å². The number of aliphatic hydroxyl groups excluding tert-OH is 1. The van der Waals surface area contributed by atoms with Gasteiger partial charge in [0.2, 0.25) is 11.8 Å². The molecule has 15 nitrogen and oxygen atoms in total. The molecular weight excluding hydrogens is 911 g/mol. The number of phenols is 1. The number of aliphatic hydroxyl groups is 1. The molecule has 0 saturated heterocycles. The first-order valence-electron chi connectivity index (χ1n) is 21.0. The molecule has 0 saturated carbocycles. The van der Waals surface area contributed by atoms with Gasteiger partial charge in [-0.1, -0.05) is 67.0 Å². The summed E-state index contributed by atoms with van der Waals surface area (Å²) >= 11 is 12.4. The first-order valence-corrected chi connectivity index (χ1v) is 21.8. The summed E-state index contributed by atoms with van der Waals surface area (Å²) in [7, 11) is 0. The van der Waals surface area contributed by atoms with Gasteiger partial charge in [0.05, 0.1) is 28.9 Å². The molecule has 0 aliphatic heterocycles. The van der Waals surface area contributed by atoms with Crippen molar-refractivity contribution in [1.82, 2.24) is 20.6 Å². The van der Waals surface area contributed by atoms with Gasteiger partial charge in [-0.15, -0.1) is 0 Å². The largest absolute Gasteiger partial charge is 0.508 e. The lowest BCUT2D eigenvalue weighted by atomic mass is 10.0. The highest BCUT2D eigenvalue weighted by molar-refractivity contribution is 6.32. The summed E-state index contributed by atoms with van der Waals surface area (Å²) in [6, 6.07) is 28.6. The molecule has 8 N–H and O–H groups in total. The number of pyridine rings is 2. The highest BCUT2D eigenvalue weighted by Gasteiger charge is 2.22. The van der Waals surface area contributed by atoms with Crippen LogP contribution in [0.25, 0.3) is 0 Å². The van der Waals surface area contributed by atoms with Crippen LogP contribution in [0.2, 0.25) is 10.0 Å². The van der Waals surface area contributed by atoms with E-state index in [2.05, 4.69) is 20.6 Å². The Balaban J connectivity index is 0.000000311. The van der Waals surface area contributed by atoms with Crippen molar-refractivity contribution >= 4 is 46.8 Å². The zero-order chi connectivity index (χ0) is 48.9. The Morgan fingerprint density at radius 3 is 1.40 bits per heavy atom. The Labute approximate surface area is 406 Å². The number of rotatable bonds is 18. The summed E-state index contributed by atoms with van der Waals surface area (Å²) in [4.78, 5) is 56.6. The molecule has 4 amide bonds. The van der Waals surface area contributed by atoms with Crippen LogP contribution in [0.4, 0.5) is 0 Å². The number of nitrogens with two attached hydrogens (primary N) is 2. The van der Waals surface area contributed by atoms with E-state index in [0.717, 1.165) is 22.3 Å². The molecule has 2 aromatic heterocycles. The number of aromatic nitrogens is 2. The number of hydrogen-bond acceptors (Lipinski definition) is 11. The number of nitrogens with one attached hydrogen (secondary N) is 2. The molecule has 2 atom stereocenters. The van der Waals surface area contributed by atoms with Gasteiger partial charge in [0.15, 0.2) is 0 Å². The molecule has 17 heteroatoms. The van der Waals surface area contributed by atoms with Crippen LogP contribution in [0.3, 0.4) is 0 Å². The third kappa shape index (κ3) is 19.0. The van der Waals surface area contributed by atoms with E-state index >= 15 is 0 Å². The van der Waals surface area contributed by atoms with E-state index in [1.54, 1.807) is 79.4 Å². The Kier molecular flexibility index (Phi) is 22.8. The summed E-state index contributed by atoms with van der Waals surface area (Å²) in [5, 5.41) is 23.7. The van der Waals surface area contributed by atoms with E-state index in [1.165, 1.54) is 24.3 Å². The SMILES string of the molecule is C.CC(C)Oc1ccc(C(=O)N[C@@H](Cc2ccc(O)cc2)C(N)=O)cc1Cl.CC(C)Oc1ccc(C(=O)N[C@@H](Cc2ccc(OCc3cccnc3)cc2)C(N)=O)cc1Cl.OCc1cccnc1. The number of aromatic hydroxyl groups is 1. The van der Waals surface area contributed by atoms with Gasteiger partial charge >= 0.3 is 0 Å². The average Bonchev–Trinajstić information content (AvgIpc) is 3.31. The van der Waals surface area contributed by atoms with Crippen LogP contribution >= 0.6 is 23.2 Å². The lowest BCUT2D eigenvalue weighted by Crippen LogP contribution is -2.45. The Bertz CT molecular complexity index is 2520. The zero-order valence-electron chi connectivity index (χ0n) is 37.4. The van der Waals surface area contributed by atoms with Gasteiger partial charge in [-0.05, 0) is 117 Å². The number of ether oxygens (including phenoxy) is 3. The quantitative estimate of drug-likeness (QED) is 0.0486. The molecule has 0 aliphatic carbocycles. The summed E-state index contributed by atoms with van der Waals surface area (Å²) in [6.07, 6.45) is 7.13. The number of phenolic OH excluding ortho intramolecular Hbond substituents is 1. The number of nitrogens with zero attached hydrogens (tertiary/aromatic N) is 2. The molecule has 0 unspecified atom stereocenters. The second-order valence-corrected chi connectivity index (χ2v) is 16.2. The Morgan fingerprint density at radius 2 is 1.04 bits per heavy atom. The summed E-state index contributed by atoms with van der Waals surface area (Å²) in [5.41, 5.74) is 14.9. The first-order chi connectivity index (χ1) is 32.0. The minimum absolute atomic E-state index is 0. The first kappa shape index (κ1) is 55.1. The monoisotopic (exact) mass is 968 g/mol. The van der Waals surface area contributed by atoms with Crippen LogP contribution in [0.1, 0.15) is 78.1 Å². The fraction of sp³-hybridized carbons (Fsp3) is 0.255. The summed E-state index contributed by atoms with van der Waals surface area (Å²) in [6.45, 7) is 7.99. The normalized spacial score (nSPS) is 11.2. The van der Waals surface area contributed by atoms with Crippen LogP contribution < -0.4 is 36.3 Å². The van der Waals surface area contributed by atoms with Gasteiger partial charge in [0, 0.05) is 54.3 Å². The fourth-order valence-electron chi connectivity index (χ4n) is 5.88. The average molecular weight is 970 g/mol. The molecule has 4 aromatic carbocycles. The van der Waals surface area contributed by atoms with Crippen LogP contribution in [-0.2, 0) is 35.6 Å². The van der Waals surface area contributed by atoms with Gasteiger partial charge in [-0.2, -0.15) is 0 Å². The third-order valence-corrected chi connectivity index (χ3v) is 9.77. The van der Waals surface area contributed by atoms with E-state index in [0.29, 0.717) is 45.0 Å². The van der Waals surface area contributed by atoms with Gasteiger partial charge in [0.25, 0.3) is 11.8 Å². The van der Waals surface area contributed by atoms with Crippen molar-refractivity contribution in [3.05, 3.63) is 177 Å². The lowest BCUT2D eigenvalue weighted by Gasteiger charge is -2.17. The predicted octanol–water partition coefficient (Wildman–Crippen LogP) is 7.80. The van der Waals surface area contributed by atoms with Crippen molar-refractivity contribution < 1.29 is 43.6 Å². The van der Waals surface area contributed by atoms with Crippen LogP contribution in [0.5, 0.6) is 23.0 Å². The van der Waals surface area contributed by atoms with E-state index in [1.807, 2.05) is 58.0 Å². The lowest BCUT2D eigenvalue weighted by molar-refractivity contribution is -0.120. The number of halogens is 2. The van der Waals surface area contributed by atoms with E-state index < -0.39 is 35.7 Å². The topological polar surface area (TPSA) is 238 Å². The fourth-order valence-corrected chi connectivity index (χ4v) is 6.33. The third-order valence-electron chi connectivity index (χ3n) is 9.18. The smallest absolute Gasteiger partial charge is 0.251 e. The second-order valence-electron chi connectivity index (χ2n) is 15.4. The van der Waals surface area contributed by atoms with Crippen molar-refractivity contribution in [3.63, 3.8) is 0 Å². The molecule has 0 radical (unpaired) electrons. The highest BCUT2D eigenvalue weighted by atomic mass is 35.5.